The summed E-state index contributed by atoms with van der Waals surface area (Å²) >= 11 is 11.8. The number of nitrogens with one attached hydrogen (secondary N) is 1. The van der Waals surface area contributed by atoms with E-state index in [1.54, 1.807) is 12.1 Å². The van der Waals surface area contributed by atoms with Crippen molar-refractivity contribution < 1.29 is 13.2 Å². The molecular formula is C15H21Cl2NO3S. The van der Waals surface area contributed by atoms with Crippen LogP contribution < -0.4 is 5.32 Å². The van der Waals surface area contributed by atoms with Crippen LogP contribution in [0.1, 0.15) is 39.7 Å². The molecule has 1 rings (SSSR count). The molecule has 0 aliphatic carbocycles. The van der Waals surface area contributed by atoms with Crippen molar-refractivity contribution in [3.8, 4) is 0 Å². The molecule has 1 amide bonds. The van der Waals surface area contributed by atoms with Crippen molar-refractivity contribution in [3.05, 3.63) is 33.8 Å². The number of sulfone groups is 1. The third-order valence-electron chi connectivity index (χ3n) is 3.63. The maximum absolute atomic E-state index is 12.4. The minimum atomic E-state index is -3.67. The molecule has 1 unspecified atom stereocenters. The molecule has 1 atom stereocenters. The van der Waals surface area contributed by atoms with Gasteiger partial charge in [-0.15, -0.1) is 0 Å². The molecule has 1 aromatic carbocycles. The Balaban J connectivity index is 2.91. The quantitative estimate of drug-likeness (QED) is 0.837. The Bertz CT molecular complexity index is 657. The molecule has 0 aromatic heterocycles. The summed E-state index contributed by atoms with van der Waals surface area (Å²) in [4.78, 5) is 12.1. The fourth-order valence-electron chi connectivity index (χ4n) is 1.67. The van der Waals surface area contributed by atoms with Gasteiger partial charge in [0.25, 0.3) is 0 Å². The van der Waals surface area contributed by atoms with Crippen molar-refractivity contribution in [3.63, 3.8) is 0 Å². The highest BCUT2D eigenvalue weighted by Crippen LogP contribution is 2.24. The van der Waals surface area contributed by atoms with Gasteiger partial charge >= 0.3 is 0 Å². The van der Waals surface area contributed by atoms with Gasteiger partial charge in [0.05, 0.1) is 5.75 Å². The van der Waals surface area contributed by atoms with Crippen molar-refractivity contribution in [2.45, 2.75) is 50.7 Å². The molecule has 0 aliphatic rings. The first-order chi connectivity index (χ1) is 9.98. The molecule has 0 fully saturated rings. The fourth-order valence-corrected chi connectivity index (χ4v) is 3.54. The number of carbonyl (C=O) groups is 1. The lowest BCUT2D eigenvalue weighted by Gasteiger charge is -2.26. The standard InChI is InChI=1S/C15H21Cl2NO3S/c1-5-15(3,4)18-14(19)10(2)22(20,21)9-11-6-7-12(16)8-13(11)17/h6-8,10H,5,9H2,1-4H3,(H,18,19). The van der Waals surface area contributed by atoms with Gasteiger partial charge in [0.15, 0.2) is 9.84 Å². The molecule has 0 saturated carbocycles. The average Bonchev–Trinajstić information content (AvgIpc) is 2.40. The van der Waals surface area contributed by atoms with E-state index in [4.69, 9.17) is 23.2 Å². The molecule has 0 aliphatic heterocycles. The Morgan fingerprint density at radius 2 is 1.91 bits per heavy atom. The van der Waals surface area contributed by atoms with E-state index < -0.39 is 26.5 Å². The van der Waals surface area contributed by atoms with Crippen LogP contribution in [-0.4, -0.2) is 25.1 Å². The van der Waals surface area contributed by atoms with Crippen LogP contribution in [0.2, 0.25) is 10.0 Å². The Kier molecular flexibility index (Phi) is 6.30. The number of halogens is 2. The maximum Gasteiger partial charge on any atom is 0.238 e. The summed E-state index contributed by atoms with van der Waals surface area (Å²) in [6.07, 6.45) is 0.703. The molecule has 22 heavy (non-hydrogen) atoms. The second-order valence-electron chi connectivity index (χ2n) is 5.91. The largest absolute Gasteiger partial charge is 0.350 e. The number of benzene rings is 1. The SMILES string of the molecule is CCC(C)(C)NC(=O)C(C)S(=O)(=O)Cc1ccc(Cl)cc1Cl. The summed E-state index contributed by atoms with van der Waals surface area (Å²) in [6.45, 7) is 7.01. The van der Waals surface area contributed by atoms with Crippen molar-refractivity contribution in [1.29, 1.82) is 0 Å². The van der Waals surface area contributed by atoms with E-state index in [2.05, 4.69) is 5.32 Å². The van der Waals surface area contributed by atoms with E-state index in [-0.39, 0.29) is 10.8 Å². The lowest BCUT2D eigenvalue weighted by Crippen LogP contribution is -2.48. The first-order valence-electron chi connectivity index (χ1n) is 6.96. The van der Waals surface area contributed by atoms with Crippen molar-refractivity contribution >= 4 is 38.9 Å². The van der Waals surface area contributed by atoms with E-state index >= 15 is 0 Å². The summed E-state index contributed by atoms with van der Waals surface area (Å²) in [5.74, 6) is -0.804. The van der Waals surface area contributed by atoms with Crippen molar-refractivity contribution in [2.24, 2.45) is 0 Å². The topological polar surface area (TPSA) is 63.2 Å². The van der Waals surface area contributed by atoms with Gasteiger partial charge in [-0.05, 0) is 44.9 Å². The fraction of sp³-hybridized carbons (Fsp3) is 0.533. The normalized spacial score (nSPS) is 13.7. The molecule has 0 heterocycles. The van der Waals surface area contributed by atoms with Crippen LogP contribution in [0.15, 0.2) is 18.2 Å². The Hall–Kier alpha value is -0.780. The molecule has 124 valence electrons. The van der Waals surface area contributed by atoms with Crippen LogP contribution in [0.4, 0.5) is 0 Å². The van der Waals surface area contributed by atoms with E-state index in [0.29, 0.717) is 17.0 Å². The van der Waals surface area contributed by atoms with Gasteiger partial charge in [0.1, 0.15) is 5.25 Å². The number of amides is 1. The molecule has 1 N–H and O–H groups in total. The van der Waals surface area contributed by atoms with Gasteiger partial charge in [-0.25, -0.2) is 8.42 Å². The van der Waals surface area contributed by atoms with Crippen LogP contribution in [0, 0.1) is 0 Å². The third kappa shape index (κ3) is 5.14. The van der Waals surface area contributed by atoms with Crippen LogP contribution >= 0.6 is 23.2 Å². The monoisotopic (exact) mass is 365 g/mol. The molecular weight excluding hydrogens is 345 g/mol. The zero-order valence-corrected chi connectivity index (χ0v) is 15.4. The van der Waals surface area contributed by atoms with Gasteiger partial charge in [0, 0.05) is 15.6 Å². The lowest BCUT2D eigenvalue weighted by molar-refractivity contribution is -0.122. The van der Waals surface area contributed by atoms with Gasteiger partial charge in [-0.3, -0.25) is 4.79 Å². The summed E-state index contributed by atoms with van der Waals surface area (Å²) in [6, 6.07) is 4.62. The lowest BCUT2D eigenvalue weighted by atomic mass is 10.0. The first-order valence-corrected chi connectivity index (χ1v) is 9.43. The number of hydrogen-bond donors (Lipinski definition) is 1. The highest BCUT2D eigenvalue weighted by atomic mass is 35.5. The Morgan fingerprint density at radius 3 is 2.41 bits per heavy atom. The molecule has 1 aromatic rings. The van der Waals surface area contributed by atoms with E-state index in [1.165, 1.54) is 13.0 Å². The van der Waals surface area contributed by atoms with E-state index in [1.807, 2.05) is 20.8 Å². The Labute approximate surface area is 142 Å². The summed E-state index contributed by atoms with van der Waals surface area (Å²) in [5, 5.41) is 2.31. The van der Waals surface area contributed by atoms with Crippen LogP contribution in [0.3, 0.4) is 0 Å². The zero-order valence-electron chi connectivity index (χ0n) is 13.1. The molecule has 0 spiro atoms. The second kappa shape index (κ2) is 7.20. The van der Waals surface area contributed by atoms with Gasteiger partial charge in [-0.1, -0.05) is 36.2 Å². The summed E-state index contributed by atoms with van der Waals surface area (Å²) in [5.41, 5.74) is -0.0147. The highest BCUT2D eigenvalue weighted by molar-refractivity contribution is 7.92. The summed E-state index contributed by atoms with van der Waals surface area (Å²) in [7, 11) is -3.67. The Morgan fingerprint density at radius 1 is 1.32 bits per heavy atom. The average molecular weight is 366 g/mol. The smallest absolute Gasteiger partial charge is 0.238 e. The predicted molar refractivity (Wildman–Crippen MR) is 91.1 cm³/mol. The first kappa shape index (κ1) is 19.3. The third-order valence-corrected chi connectivity index (χ3v) is 6.22. The van der Waals surface area contributed by atoms with Gasteiger partial charge in [0.2, 0.25) is 5.91 Å². The second-order valence-corrected chi connectivity index (χ2v) is 9.08. The maximum atomic E-state index is 12.4. The number of hydrogen-bond acceptors (Lipinski definition) is 3. The number of carbonyl (C=O) groups excluding carboxylic acids is 1. The van der Waals surface area contributed by atoms with Gasteiger partial charge in [-0.2, -0.15) is 0 Å². The number of rotatable bonds is 6. The minimum Gasteiger partial charge on any atom is -0.350 e. The molecule has 7 heteroatoms. The van der Waals surface area contributed by atoms with Crippen LogP contribution in [0.5, 0.6) is 0 Å². The van der Waals surface area contributed by atoms with E-state index in [0.717, 1.165) is 0 Å². The minimum absolute atomic E-state index is 0.276. The zero-order chi connectivity index (χ0) is 17.1. The molecule has 4 nitrogen and oxygen atoms in total. The van der Waals surface area contributed by atoms with Crippen LogP contribution in [0.25, 0.3) is 0 Å². The van der Waals surface area contributed by atoms with Crippen molar-refractivity contribution in [2.75, 3.05) is 0 Å². The predicted octanol–water partition coefficient (Wildman–Crippen LogP) is 3.60. The van der Waals surface area contributed by atoms with E-state index in [9.17, 15) is 13.2 Å². The molecule has 0 radical (unpaired) electrons. The van der Waals surface area contributed by atoms with Gasteiger partial charge < -0.3 is 5.32 Å². The highest BCUT2D eigenvalue weighted by Gasteiger charge is 2.31. The van der Waals surface area contributed by atoms with Crippen molar-refractivity contribution in [1.82, 2.24) is 5.32 Å². The van der Waals surface area contributed by atoms with Crippen LogP contribution in [-0.2, 0) is 20.4 Å². The molecule has 0 saturated heterocycles. The molecule has 0 bridgehead atoms. The summed E-state index contributed by atoms with van der Waals surface area (Å²) < 4.78 is 24.8.